The van der Waals surface area contributed by atoms with Crippen LogP contribution in [0.15, 0.2) is 35.3 Å². The first-order chi connectivity index (χ1) is 13.6. The number of aliphatic imine (C=N–C) groups is 1. The Labute approximate surface area is 170 Å². The Morgan fingerprint density at radius 1 is 1.21 bits per heavy atom. The van der Waals surface area contributed by atoms with Gasteiger partial charge in [-0.2, -0.15) is 0 Å². The molecule has 1 aliphatic rings. The van der Waals surface area contributed by atoms with Crippen LogP contribution in [0.25, 0.3) is 0 Å². The van der Waals surface area contributed by atoms with Gasteiger partial charge in [-0.15, -0.1) is 0 Å². The molecule has 0 aromatic heterocycles. The highest BCUT2D eigenvalue weighted by Gasteiger charge is 2.30. The molecular weight excluding hydrogens is 350 g/mol. The minimum absolute atomic E-state index is 0.0647. The SMILES string of the molecule is CCNC(=NCCCc1ccccc1)NCCCN1CCCC1C(=O)N(C)C. The van der Waals surface area contributed by atoms with Gasteiger partial charge in [-0.25, -0.2) is 0 Å². The third kappa shape index (κ3) is 7.50. The topological polar surface area (TPSA) is 60.0 Å². The van der Waals surface area contributed by atoms with Crippen LogP contribution in [-0.2, 0) is 11.2 Å². The first kappa shape index (κ1) is 22.2. The van der Waals surface area contributed by atoms with Crippen molar-refractivity contribution in [3.63, 3.8) is 0 Å². The van der Waals surface area contributed by atoms with E-state index in [0.29, 0.717) is 0 Å². The Balaban J connectivity index is 1.68. The zero-order valence-corrected chi connectivity index (χ0v) is 17.8. The second-order valence-corrected chi connectivity index (χ2v) is 7.56. The van der Waals surface area contributed by atoms with Crippen molar-refractivity contribution in [2.24, 2.45) is 4.99 Å². The van der Waals surface area contributed by atoms with Gasteiger partial charge in [0.1, 0.15) is 0 Å². The van der Waals surface area contributed by atoms with Crippen LogP contribution in [-0.4, -0.2) is 74.5 Å². The van der Waals surface area contributed by atoms with E-state index in [4.69, 9.17) is 0 Å². The molecule has 1 saturated heterocycles. The van der Waals surface area contributed by atoms with Gasteiger partial charge in [0.05, 0.1) is 6.04 Å². The van der Waals surface area contributed by atoms with Crippen molar-refractivity contribution in [2.75, 3.05) is 46.8 Å². The summed E-state index contributed by atoms with van der Waals surface area (Å²) in [7, 11) is 3.69. The number of guanidine groups is 1. The number of aryl methyl sites for hydroxylation is 1. The Hall–Kier alpha value is -2.08. The fourth-order valence-corrected chi connectivity index (χ4v) is 3.62. The van der Waals surface area contributed by atoms with E-state index in [9.17, 15) is 4.79 Å². The van der Waals surface area contributed by atoms with E-state index in [1.54, 1.807) is 4.90 Å². The number of hydrogen-bond donors (Lipinski definition) is 2. The summed E-state index contributed by atoms with van der Waals surface area (Å²) in [5.41, 5.74) is 1.36. The van der Waals surface area contributed by atoms with Crippen LogP contribution in [0.3, 0.4) is 0 Å². The van der Waals surface area contributed by atoms with Gasteiger partial charge in [-0.05, 0) is 51.1 Å². The van der Waals surface area contributed by atoms with Crippen molar-refractivity contribution in [2.45, 2.75) is 45.1 Å². The highest BCUT2D eigenvalue weighted by Crippen LogP contribution is 2.18. The summed E-state index contributed by atoms with van der Waals surface area (Å²) in [6.07, 6.45) is 5.20. The van der Waals surface area contributed by atoms with Gasteiger partial charge in [0.2, 0.25) is 5.91 Å². The molecular formula is C22H37N5O. The maximum atomic E-state index is 12.3. The highest BCUT2D eigenvalue weighted by molar-refractivity contribution is 5.81. The van der Waals surface area contributed by atoms with Gasteiger partial charge in [0.15, 0.2) is 5.96 Å². The lowest BCUT2D eigenvalue weighted by Gasteiger charge is -2.26. The lowest BCUT2D eigenvalue weighted by molar-refractivity contribution is -0.133. The van der Waals surface area contributed by atoms with E-state index in [1.165, 1.54) is 5.56 Å². The first-order valence-electron chi connectivity index (χ1n) is 10.6. The molecule has 1 amide bonds. The zero-order chi connectivity index (χ0) is 20.2. The van der Waals surface area contributed by atoms with Crippen LogP contribution in [0.2, 0.25) is 0 Å². The molecule has 0 aliphatic carbocycles. The number of nitrogens with zero attached hydrogens (tertiary/aromatic N) is 3. The van der Waals surface area contributed by atoms with Gasteiger partial charge < -0.3 is 15.5 Å². The van der Waals surface area contributed by atoms with Crippen LogP contribution >= 0.6 is 0 Å². The number of hydrogen-bond acceptors (Lipinski definition) is 3. The summed E-state index contributed by atoms with van der Waals surface area (Å²) in [4.78, 5) is 21.0. The second kappa shape index (κ2) is 12.4. The predicted octanol–water partition coefficient (Wildman–Crippen LogP) is 2.12. The van der Waals surface area contributed by atoms with Crippen LogP contribution in [0.4, 0.5) is 0 Å². The lowest BCUT2D eigenvalue weighted by atomic mass is 10.1. The molecule has 1 aromatic rings. The van der Waals surface area contributed by atoms with E-state index >= 15 is 0 Å². The quantitative estimate of drug-likeness (QED) is 0.367. The number of benzene rings is 1. The fourth-order valence-electron chi connectivity index (χ4n) is 3.62. The summed E-state index contributed by atoms with van der Waals surface area (Å²) >= 11 is 0. The molecule has 6 nitrogen and oxygen atoms in total. The molecule has 0 spiro atoms. The smallest absolute Gasteiger partial charge is 0.239 e. The molecule has 156 valence electrons. The molecule has 28 heavy (non-hydrogen) atoms. The Morgan fingerprint density at radius 2 is 2.00 bits per heavy atom. The van der Waals surface area contributed by atoms with Crippen molar-refractivity contribution in [1.82, 2.24) is 20.4 Å². The number of likely N-dealkylation sites (tertiary alicyclic amines) is 1. The van der Waals surface area contributed by atoms with Gasteiger partial charge in [0.25, 0.3) is 0 Å². The molecule has 1 aromatic carbocycles. The number of carbonyl (C=O) groups excluding carboxylic acids is 1. The summed E-state index contributed by atoms with van der Waals surface area (Å²) in [6.45, 7) is 6.60. The van der Waals surface area contributed by atoms with Crippen molar-refractivity contribution in [3.8, 4) is 0 Å². The first-order valence-corrected chi connectivity index (χ1v) is 10.6. The maximum Gasteiger partial charge on any atom is 0.239 e. The minimum Gasteiger partial charge on any atom is -0.357 e. The predicted molar refractivity (Wildman–Crippen MR) is 117 cm³/mol. The molecule has 0 radical (unpaired) electrons. The Kier molecular flexibility index (Phi) is 9.83. The van der Waals surface area contributed by atoms with Crippen molar-refractivity contribution in [1.29, 1.82) is 0 Å². The Bertz CT molecular complexity index is 602. The monoisotopic (exact) mass is 387 g/mol. The van der Waals surface area contributed by atoms with Crippen molar-refractivity contribution < 1.29 is 4.79 Å². The summed E-state index contributed by atoms with van der Waals surface area (Å²) < 4.78 is 0. The molecule has 2 rings (SSSR count). The van der Waals surface area contributed by atoms with Crippen LogP contribution < -0.4 is 10.6 Å². The maximum absolute atomic E-state index is 12.3. The normalized spacial score (nSPS) is 17.5. The molecule has 0 saturated carbocycles. The third-order valence-corrected chi connectivity index (χ3v) is 5.08. The molecule has 1 atom stereocenters. The summed E-state index contributed by atoms with van der Waals surface area (Å²) in [5, 5.41) is 6.74. The number of amides is 1. The largest absolute Gasteiger partial charge is 0.357 e. The van der Waals surface area contributed by atoms with Gasteiger partial charge in [0, 0.05) is 40.3 Å². The standard InChI is InChI=1S/C22H37N5O/c1-4-23-22(24-15-8-13-19-11-6-5-7-12-19)25-16-10-18-27-17-9-14-20(27)21(28)26(2)3/h5-7,11-12,20H,4,8-10,13-18H2,1-3H3,(H2,23,24,25). The fraction of sp³-hybridized carbons (Fsp3) is 0.636. The van der Waals surface area contributed by atoms with E-state index < -0.39 is 0 Å². The van der Waals surface area contributed by atoms with E-state index in [1.807, 2.05) is 14.1 Å². The highest BCUT2D eigenvalue weighted by atomic mass is 16.2. The molecule has 0 bridgehead atoms. The Morgan fingerprint density at radius 3 is 2.71 bits per heavy atom. The summed E-state index contributed by atoms with van der Waals surface area (Å²) in [5.74, 6) is 1.12. The average Bonchev–Trinajstić information content (AvgIpc) is 3.16. The van der Waals surface area contributed by atoms with Crippen LogP contribution in [0.5, 0.6) is 0 Å². The molecule has 1 heterocycles. The van der Waals surface area contributed by atoms with Gasteiger partial charge >= 0.3 is 0 Å². The number of nitrogens with one attached hydrogen (secondary N) is 2. The molecule has 2 N–H and O–H groups in total. The van der Waals surface area contributed by atoms with Gasteiger partial charge in [-0.3, -0.25) is 14.7 Å². The van der Waals surface area contributed by atoms with Crippen LogP contribution in [0, 0.1) is 0 Å². The third-order valence-electron chi connectivity index (χ3n) is 5.08. The zero-order valence-electron chi connectivity index (χ0n) is 17.8. The molecule has 6 heteroatoms. The van der Waals surface area contributed by atoms with Gasteiger partial charge in [-0.1, -0.05) is 30.3 Å². The molecule has 1 aliphatic heterocycles. The van der Waals surface area contributed by atoms with Crippen molar-refractivity contribution in [3.05, 3.63) is 35.9 Å². The number of carbonyl (C=O) groups is 1. The average molecular weight is 388 g/mol. The molecule has 1 fully saturated rings. The van der Waals surface area contributed by atoms with Crippen molar-refractivity contribution >= 4 is 11.9 Å². The van der Waals surface area contributed by atoms with E-state index in [-0.39, 0.29) is 11.9 Å². The minimum atomic E-state index is 0.0647. The number of rotatable bonds is 10. The van der Waals surface area contributed by atoms with E-state index in [2.05, 4.69) is 57.8 Å². The lowest BCUT2D eigenvalue weighted by Crippen LogP contribution is -2.44. The summed E-state index contributed by atoms with van der Waals surface area (Å²) in [6, 6.07) is 10.6. The molecule has 1 unspecified atom stereocenters. The van der Waals surface area contributed by atoms with Crippen LogP contribution in [0.1, 0.15) is 38.2 Å². The second-order valence-electron chi connectivity index (χ2n) is 7.56. The van der Waals surface area contributed by atoms with E-state index in [0.717, 1.165) is 70.8 Å². The number of likely N-dealkylation sites (N-methyl/N-ethyl adjacent to an activating group) is 1.